The maximum Gasteiger partial charge on any atom is 0.475 e. The van der Waals surface area contributed by atoms with E-state index in [9.17, 15) is 19.3 Å². The van der Waals surface area contributed by atoms with Crippen molar-refractivity contribution < 1.29 is 47.0 Å². The molecule has 1 amide bonds. The molecule has 18 heteroatoms. The van der Waals surface area contributed by atoms with Gasteiger partial charge in [-0.05, 0) is 20.3 Å². The Kier molecular flexibility index (Phi) is 9.48. The number of imidazole rings is 1. The number of amides is 1. The first-order valence-corrected chi connectivity index (χ1v) is 15.3. The van der Waals surface area contributed by atoms with Gasteiger partial charge >= 0.3 is 13.9 Å². The lowest BCUT2D eigenvalue weighted by molar-refractivity contribution is -0.118. The molecule has 16 nitrogen and oxygen atoms in total. The number of aliphatic hydroxyl groups is 1. The molecule has 0 aromatic carbocycles. The number of aromatic nitrogens is 4. The highest BCUT2D eigenvalue weighted by molar-refractivity contribution is 8.13. The molecule has 2 aromatic rings. The second kappa shape index (κ2) is 12.4. The second-order valence-corrected chi connectivity index (χ2v) is 12.9. The number of nitrogens with one attached hydrogen (secondary N) is 1. The van der Waals surface area contributed by atoms with E-state index in [1.807, 2.05) is 0 Å². The van der Waals surface area contributed by atoms with E-state index in [2.05, 4.69) is 20.3 Å². The monoisotopic (exact) mass is 618 g/mol. The van der Waals surface area contributed by atoms with Gasteiger partial charge in [0.2, 0.25) is 11.8 Å². The van der Waals surface area contributed by atoms with Crippen LogP contribution in [0.4, 0.5) is 10.7 Å². The van der Waals surface area contributed by atoms with Crippen LogP contribution in [0, 0.1) is 5.41 Å². The highest BCUT2D eigenvalue weighted by atomic mass is 32.2. The number of carbonyl (C=O) groups excluding carboxylic acids is 2. The van der Waals surface area contributed by atoms with Gasteiger partial charge in [0.1, 0.15) is 17.8 Å². The predicted molar refractivity (Wildman–Crippen MR) is 146 cm³/mol. The SMILES string of the molecule is CCOC(=O)NCCC(C)(C)C(=O)SCCOP1(=O)OC[C@H]2O[C@@H](n3cnc4c(OC)nc(N)nc43)[C@](C)(O)[C@@H]2O1. The summed E-state index contributed by atoms with van der Waals surface area (Å²) in [5, 5.41) is 13.9. The third kappa shape index (κ3) is 6.77. The number of fused-ring (bicyclic) bond motifs is 2. The van der Waals surface area contributed by atoms with Gasteiger partial charge in [-0.2, -0.15) is 9.97 Å². The van der Waals surface area contributed by atoms with Gasteiger partial charge in [-0.3, -0.25) is 22.9 Å². The molecule has 0 bridgehead atoms. The van der Waals surface area contributed by atoms with Gasteiger partial charge < -0.3 is 30.4 Å². The number of phosphoric acid groups is 1. The molecule has 0 aliphatic carbocycles. The van der Waals surface area contributed by atoms with Gasteiger partial charge in [0.05, 0.1) is 33.3 Å². The lowest BCUT2D eigenvalue weighted by Gasteiger charge is -2.35. The summed E-state index contributed by atoms with van der Waals surface area (Å²) < 4.78 is 47.3. The average Bonchev–Trinajstić information content (AvgIpc) is 3.43. The van der Waals surface area contributed by atoms with E-state index in [0.717, 1.165) is 11.8 Å². The molecule has 228 valence electrons. The molecule has 2 fully saturated rings. The Balaban J connectivity index is 1.33. The molecular weight excluding hydrogens is 583 g/mol. The third-order valence-corrected chi connectivity index (χ3v) is 9.26. The minimum atomic E-state index is -4.09. The maximum absolute atomic E-state index is 13.2. The van der Waals surface area contributed by atoms with Crippen molar-refractivity contribution in [2.75, 3.05) is 45.0 Å². The van der Waals surface area contributed by atoms with Crippen LogP contribution in [-0.4, -0.2) is 92.9 Å². The summed E-state index contributed by atoms with van der Waals surface area (Å²) in [5.74, 6) is 0.279. The second-order valence-electron chi connectivity index (χ2n) is 10.2. The molecule has 1 unspecified atom stereocenters. The average molecular weight is 619 g/mol. The Labute approximate surface area is 240 Å². The topological polar surface area (TPSA) is 208 Å². The summed E-state index contributed by atoms with van der Waals surface area (Å²) in [6.07, 6.45) is -1.64. The largest absolute Gasteiger partial charge is 0.479 e. The first-order valence-electron chi connectivity index (χ1n) is 12.9. The van der Waals surface area contributed by atoms with E-state index in [-0.39, 0.29) is 54.7 Å². The lowest BCUT2D eigenvalue weighted by atomic mass is 9.91. The van der Waals surface area contributed by atoms with Crippen molar-refractivity contribution in [3.05, 3.63) is 6.33 Å². The molecule has 4 N–H and O–H groups in total. The summed E-state index contributed by atoms with van der Waals surface area (Å²) in [6, 6.07) is 0. The Hall–Kier alpha value is -2.53. The molecule has 4 heterocycles. The molecule has 5 atom stereocenters. The van der Waals surface area contributed by atoms with Crippen LogP contribution in [0.2, 0.25) is 0 Å². The van der Waals surface area contributed by atoms with Crippen molar-refractivity contribution in [1.29, 1.82) is 0 Å². The minimum absolute atomic E-state index is 0.0586. The first-order chi connectivity index (χ1) is 19.3. The van der Waals surface area contributed by atoms with E-state index in [4.69, 9.17) is 33.5 Å². The van der Waals surface area contributed by atoms with Crippen molar-refractivity contribution in [2.45, 2.75) is 58.2 Å². The lowest BCUT2D eigenvalue weighted by Crippen LogP contribution is -2.47. The number of nitrogens with zero attached hydrogens (tertiary/aromatic N) is 4. The maximum atomic E-state index is 13.2. The zero-order valence-corrected chi connectivity index (χ0v) is 25.1. The Bertz CT molecular complexity index is 1320. The standard InChI is InChI=1S/C23H35N6O10PS/c1-6-35-21(31)25-8-7-22(2,3)19(30)41-10-9-36-40(33)37-11-13-15(39-40)23(4,32)18(38-13)29-12-26-14-16(29)27-20(24)28-17(14)34-5/h12-13,15,18,32H,6-11H2,1-5H3,(H,25,31)(H2,24,27,28)/t13-,15-,18-,23-,40?/m1/s1. The fourth-order valence-electron chi connectivity index (χ4n) is 4.40. The van der Waals surface area contributed by atoms with E-state index >= 15 is 0 Å². The quantitative estimate of drug-likeness (QED) is 0.243. The van der Waals surface area contributed by atoms with Crippen molar-refractivity contribution in [2.24, 2.45) is 5.41 Å². The zero-order valence-electron chi connectivity index (χ0n) is 23.4. The number of alkyl carbamates (subject to hydrolysis) is 1. The molecule has 41 heavy (non-hydrogen) atoms. The summed E-state index contributed by atoms with van der Waals surface area (Å²) in [4.78, 5) is 36.6. The van der Waals surface area contributed by atoms with Crippen LogP contribution in [0.3, 0.4) is 0 Å². The number of carbonyl (C=O) groups is 2. The molecule has 0 spiro atoms. The number of phosphoric ester groups is 1. The zero-order chi connectivity index (χ0) is 30.0. The molecule has 4 rings (SSSR count). The molecule has 2 aromatic heterocycles. The van der Waals surface area contributed by atoms with Gasteiger partial charge in [-0.25, -0.2) is 14.3 Å². The Morgan fingerprint density at radius 3 is 2.85 bits per heavy atom. The smallest absolute Gasteiger partial charge is 0.475 e. The fourth-order valence-corrected chi connectivity index (χ4v) is 6.84. The number of ether oxygens (including phenoxy) is 3. The third-order valence-electron chi connectivity index (χ3n) is 6.62. The van der Waals surface area contributed by atoms with Crippen LogP contribution in [0.5, 0.6) is 5.88 Å². The van der Waals surface area contributed by atoms with Crippen LogP contribution >= 0.6 is 19.6 Å². The summed E-state index contributed by atoms with van der Waals surface area (Å²) in [7, 11) is -2.67. The number of hydrogen-bond donors (Lipinski definition) is 3. The van der Waals surface area contributed by atoms with E-state index in [1.165, 1.54) is 24.9 Å². The van der Waals surface area contributed by atoms with Gasteiger partial charge in [-0.15, -0.1) is 0 Å². The summed E-state index contributed by atoms with van der Waals surface area (Å²) in [5.41, 5.74) is 3.94. The number of rotatable bonds is 11. The molecule has 0 radical (unpaired) electrons. The first kappa shape index (κ1) is 31.4. The molecule has 2 saturated heterocycles. The van der Waals surface area contributed by atoms with Gasteiger partial charge in [0, 0.05) is 17.7 Å². The Morgan fingerprint density at radius 1 is 1.39 bits per heavy atom. The number of nitrogens with two attached hydrogens (primary N) is 1. The van der Waals surface area contributed by atoms with Crippen molar-refractivity contribution in [1.82, 2.24) is 24.8 Å². The minimum Gasteiger partial charge on any atom is -0.479 e. The van der Waals surface area contributed by atoms with E-state index in [0.29, 0.717) is 11.9 Å². The van der Waals surface area contributed by atoms with E-state index < -0.39 is 43.4 Å². The number of methoxy groups -OCH3 is 1. The normalized spacial score (nSPS) is 27.9. The predicted octanol–water partition coefficient (Wildman–Crippen LogP) is 2.03. The molecule has 2 aliphatic heterocycles. The Morgan fingerprint density at radius 2 is 2.15 bits per heavy atom. The van der Waals surface area contributed by atoms with Crippen LogP contribution in [-0.2, 0) is 32.4 Å². The van der Waals surface area contributed by atoms with Crippen molar-refractivity contribution in [3.8, 4) is 5.88 Å². The van der Waals surface area contributed by atoms with Crippen LogP contribution < -0.4 is 15.8 Å². The van der Waals surface area contributed by atoms with Crippen LogP contribution in [0.1, 0.15) is 40.3 Å². The molecular formula is C23H35N6O10PS. The molecule has 2 aliphatic rings. The van der Waals surface area contributed by atoms with Crippen LogP contribution in [0.25, 0.3) is 11.2 Å². The van der Waals surface area contributed by atoms with Gasteiger partial charge in [0.15, 0.2) is 22.5 Å². The summed E-state index contributed by atoms with van der Waals surface area (Å²) >= 11 is 1.01. The highest BCUT2D eigenvalue weighted by Crippen LogP contribution is 2.59. The van der Waals surface area contributed by atoms with Crippen LogP contribution in [0.15, 0.2) is 6.33 Å². The van der Waals surface area contributed by atoms with Crippen molar-refractivity contribution in [3.63, 3.8) is 0 Å². The van der Waals surface area contributed by atoms with Crippen molar-refractivity contribution >= 4 is 47.9 Å². The fraction of sp³-hybridized carbons (Fsp3) is 0.696. The highest BCUT2D eigenvalue weighted by Gasteiger charge is 2.60. The number of anilines is 1. The number of thioether (sulfide) groups is 1. The summed E-state index contributed by atoms with van der Waals surface area (Å²) in [6.45, 7) is 6.96. The molecule has 0 saturated carbocycles. The van der Waals surface area contributed by atoms with Gasteiger partial charge in [0.25, 0.3) is 0 Å². The number of hydrogen-bond acceptors (Lipinski definition) is 15. The number of nitrogen functional groups attached to an aromatic ring is 1. The van der Waals surface area contributed by atoms with Gasteiger partial charge in [-0.1, -0.05) is 25.6 Å². The van der Waals surface area contributed by atoms with E-state index in [1.54, 1.807) is 20.8 Å².